The van der Waals surface area contributed by atoms with Crippen molar-refractivity contribution < 1.29 is 8.42 Å². The third kappa shape index (κ3) is 6.90. The van der Waals surface area contributed by atoms with E-state index in [0.717, 1.165) is 19.3 Å². The van der Waals surface area contributed by atoms with Crippen molar-refractivity contribution in [3.63, 3.8) is 0 Å². The van der Waals surface area contributed by atoms with Crippen molar-refractivity contribution >= 4 is 9.84 Å². The van der Waals surface area contributed by atoms with Gasteiger partial charge < -0.3 is 5.32 Å². The van der Waals surface area contributed by atoms with E-state index < -0.39 is 9.84 Å². The number of hydrogen-bond acceptors (Lipinski definition) is 3. The third-order valence-electron chi connectivity index (χ3n) is 2.59. The van der Waals surface area contributed by atoms with Gasteiger partial charge in [-0.3, -0.25) is 0 Å². The number of hydrogen-bond donors (Lipinski definition) is 1. The molecule has 15 heavy (non-hydrogen) atoms. The average molecular weight is 235 g/mol. The van der Waals surface area contributed by atoms with Crippen LogP contribution in [0.15, 0.2) is 0 Å². The standard InChI is InChI=1S/C11H25NO2S/c1-5-8-11(6-2)12-10(4)9-15(13,14)7-3/h10-12H,5-9H2,1-4H3. The number of rotatable bonds is 8. The van der Waals surface area contributed by atoms with Crippen LogP contribution in [0.5, 0.6) is 0 Å². The summed E-state index contributed by atoms with van der Waals surface area (Å²) < 4.78 is 22.8. The molecule has 0 aromatic heterocycles. The second kappa shape index (κ2) is 7.23. The lowest BCUT2D eigenvalue weighted by Gasteiger charge is -2.21. The quantitative estimate of drug-likeness (QED) is 0.700. The molecule has 0 saturated heterocycles. The molecule has 4 heteroatoms. The molecular weight excluding hydrogens is 210 g/mol. The molecule has 0 radical (unpaired) electrons. The van der Waals surface area contributed by atoms with Crippen molar-refractivity contribution in [1.29, 1.82) is 0 Å². The molecule has 0 bridgehead atoms. The Morgan fingerprint density at radius 2 is 1.80 bits per heavy atom. The van der Waals surface area contributed by atoms with Crippen molar-refractivity contribution in [3.8, 4) is 0 Å². The lowest BCUT2D eigenvalue weighted by atomic mass is 10.1. The van der Waals surface area contributed by atoms with Gasteiger partial charge in [0.1, 0.15) is 0 Å². The molecule has 0 aliphatic heterocycles. The largest absolute Gasteiger partial charge is 0.311 e. The second-order valence-corrected chi connectivity index (χ2v) is 6.56. The molecule has 2 unspecified atom stereocenters. The van der Waals surface area contributed by atoms with E-state index in [0.29, 0.717) is 6.04 Å². The Kier molecular flexibility index (Phi) is 7.18. The first-order valence-electron chi connectivity index (χ1n) is 5.91. The van der Waals surface area contributed by atoms with Crippen LogP contribution in [0.2, 0.25) is 0 Å². The van der Waals surface area contributed by atoms with Gasteiger partial charge in [-0.15, -0.1) is 0 Å². The first kappa shape index (κ1) is 14.9. The fourth-order valence-corrected chi connectivity index (χ4v) is 2.80. The summed E-state index contributed by atoms with van der Waals surface area (Å²) in [6.07, 6.45) is 3.32. The maximum Gasteiger partial charge on any atom is 0.151 e. The van der Waals surface area contributed by atoms with Crippen molar-refractivity contribution in [1.82, 2.24) is 5.32 Å². The zero-order valence-corrected chi connectivity index (χ0v) is 11.2. The van der Waals surface area contributed by atoms with Gasteiger partial charge in [-0.2, -0.15) is 0 Å². The maximum atomic E-state index is 11.4. The lowest BCUT2D eigenvalue weighted by Crippen LogP contribution is -2.40. The average Bonchev–Trinajstić information content (AvgIpc) is 2.16. The molecule has 0 amide bonds. The van der Waals surface area contributed by atoms with Gasteiger partial charge in [0.05, 0.1) is 5.75 Å². The topological polar surface area (TPSA) is 46.2 Å². The summed E-state index contributed by atoms with van der Waals surface area (Å²) in [6.45, 7) is 7.93. The van der Waals surface area contributed by atoms with Gasteiger partial charge in [-0.05, 0) is 19.8 Å². The third-order valence-corrected chi connectivity index (χ3v) is 4.48. The van der Waals surface area contributed by atoms with E-state index in [2.05, 4.69) is 19.2 Å². The predicted molar refractivity (Wildman–Crippen MR) is 65.9 cm³/mol. The van der Waals surface area contributed by atoms with Gasteiger partial charge >= 0.3 is 0 Å². The van der Waals surface area contributed by atoms with Crippen LogP contribution in [0, 0.1) is 0 Å². The normalized spacial score (nSPS) is 16.3. The number of nitrogens with one attached hydrogen (secondary N) is 1. The van der Waals surface area contributed by atoms with Crippen molar-refractivity contribution in [2.45, 2.75) is 59.0 Å². The fraction of sp³-hybridized carbons (Fsp3) is 1.00. The van der Waals surface area contributed by atoms with Crippen molar-refractivity contribution in [2.75, 3.05) is 11.5 Å². The van der Waals surface area contributed by atoms with E-state index in [9.17, 15) is 8.42 Å². The first-order valence-corrected chi connectivity index (χ1v) is 7.73. The Bertz CT molecular complexity index is 249. The van der Waals surface area contributed by atoms with Gasteiger partial charge in [0.25, 0.3) is 0 Å². The van der Waals surface area contributed by atoms with Gasteiger partial charge in [0, 0.05) is 17.8 Å². The molecule has 3 nitrogen and oxygen atoms in total. The van der Waals surface area contributed by atoms with Crippen LogP contribution in [-0.2, 0) is 9.84 Å². The van der Waals surface area contributed by atoms with E-state index in [1.807, 2.05) is 6.92 Å². The van der Waals surface area contributed by atoms with E-state index in [1.54, 1.807) is 6.92 Å². The van der Waals surface area contributed by atoms with E-state index in [1.165, 1.54) is 0 Å². The van der Waals surface area contributed by atoms with Crippen LogP contribution < -0.4 is 5.32 Å². The molecule has 0 aliphatic carbocycles. The SMILES string of the molecule is CCCC(CC)NC(C)CS(=O)(=O)CC. The summed E-state index contributed by atoms with van der Waals surface area (Å²) in [5.41, 5.74) is 0. The Labute approximate surface area is 94.6 Å². The van der Waals surface area contributed by atoms with Crippen LogP contribution in [0.3, 0.4) is 0 Å². The molecule has 1 N–H and O–H groups in total. The molecule has 0 aromatic carbocycles. The smallest absolute Gasteiger partial charge is 0.151 e. The Hall–Kier alpha value is -0.0900. The molecule has 0 spiro atoms. The van der Waals surface area contributed by atoms with Crippen LogP contribution in [-0.4, -0.2) is 32.0 Å². The molecule has 0 fully saturated rings. The zero-order chi connectivity index (χ0) is 11.9. The summed E-state index contributed by atoms with van der Waals surface area (Å²) in [4.78, 5) is 0. The van der Waals surface area contributed by atoms with Crippen molar-refractivity contribution in [3.05, 3.63) is 0 Å². The molecule has 2 atom stereocenters. The maximum absolute atomic E-state index is 11.4. The summed E-state index contributed by atoms with van der Waals surface area (Å²) >= 11 is 0. The van der Waals surface area contributed by atoms with Crippen LogP contribution in [0.25, 0.3) is 0 Å². The van der Waals surface area contributed by atoms with Crippen LogP contribution >= 0.6 is 0 Å². The molecule has 0 saturated carbocycles. The monoisotopic (exact) mass is 235 g/mol. The highest BCUT2D eigenvalue weighted by Crippen LogP contribution is 2.04. The van der Waals surface area contributed by atoms with Crippen LogP contribution in [0.4, 0.5) is 0 Å². The zero-order valence-electron chi connectivity index (χ0n) is 10.4. The molecule has 0 heterocycles. The predicted octanol–water partition coefficient (Wildman–Crippen LogP) is 1.98. The van der Waals surface area contributed by atoms with E-state index in [4.69, 9.17) is 0 Å². The lowest BCUT2D eigenvalue weighted by molar-refractivity contribution is 0.424. The van der Waals surface area contributed by atoms with Crippen LogP contribution in [0.1, 0.15) is 47.0 Å². The Balaban J connectivity index is 4.06. The van der Waals surface area contributed by atoms with Crippen molar-refractivity contribution in [2.24, 2.45) is 0 Å². The highest BCUT2D eigenvalue weighted by molar-refractivity contribution is 7.91. The molecule has 0 aromatic rings. The molecule has 0 rings (SSSR count). The molecule has 0 aliphatic rings. The van der Waals surface area contributed by atoms with Gasteiger partial charge in [0.15, 0.2) is 9.84 Å². The van der Waals surface area contributed by atoms with Gasteiger partial charge in [-0.1, -0.05) is 27.2 Å². The molecular formula is C11H25NO2S. The summed E-state index contributed by atoms with van der Waals surface area (Å²) in [7, 11) is -2.85. The summed E-state index contributed by atoms with van der Waals surface area (Å²) in [5.74, 6) is 0.493. The van der Waals surface area contributed by atoms with Gasteiger partial charge in [-0.25, -0.2) is 8.42 Å². The fourth-order valence-electron chi connectivity index (χ4n) is 1.70. The minimum atomic E-state index is -2.85. The van der Waals surface area contributed by atoms with E-state index in [-0.39, 0.29) is 17.5 Å². The second-order valence-electron chi connectivity index (χ2n) is 4.16. The highest BCUT2D eigenvalue weighted by Gasteiger charge is 2.15. The summed E-state index contributed by atoms with van der Waals surface area (Å²) in [6, 6.07) is 0.517. The Morgan fingerprint density at radius 3 is 2.20 bits per heavy atom. The minimum absolute atomic E-state index is 0.0615. The number of sulfone groups is 1. The minimum Gasteiger partial charge on any atom is -0.311 e. The Morgan fingerprint density at radius 1 is 1.20 bits per heavy atom. The highest BCUT2D eigenvalue weighted by atomic mass is 32.2. The summed E-state index contributed by atoms with van der Waals surface area (Å²) in [5, 5.41) is 3.38. The van der Waals surface area contributed by atoms with Gasteiger partial charge in [0.2, 0.25) is 0 Å². The van der Waals surface area contributed by atoms with E-state index >= 15 is 0 Å². The molecule has 92 valence electrons. The first-order chi connectivity index (χ1) is 6.95.